The van der Waals surface area contributed by atoms with Crippen molar-refractivity contribution in [2.24, 2.45) is 0 Å². The lowest BCUT2D eigenvalue weighted by Gasteiger charge is -1.92. The maximum Gasteiger partial charge on any atom is 0.0273 e. The van der Waals surface area contributed by atoms with Crippen LogP contribution >= 0.6 is 33.9 Å². The Labute approximate surface area is 108 Å². The molecule has 1 aromatic heterocycles. The van der Waals surface area contributed by atoms with Crippen LogP contribution in [-0.2, 0) is 0 Å². The number of hydrogen-bond donors (Lipinski definition) is 0. The van der Waals surface area contributed by atoms with E-state index in [4.69, 9.17) is 0 Å². The van der Waals surface area contributed by atoms with E-state index in [2.05, 4.69) is 78.1 Å². The molecule has 0 bridgehead atoms. The maximum atomic E-state index is 2.32. The highest BCUT2D eigenvalue weighted by Gasteiger charge is 1.91. The van der Waals surface area contributed by atoms with Crippen LogP contribution in [0.15, 0.2) is 36.4 Å². The van der Waals surface area contributed by atoms with Gasteiger partial charge in [-0.25, -0.2) is 0 Å². The zero-order chi connectivity index (χ0) is 10.7. The number of hydrogen-bond acceptors (Lipinski definition) is 1. The molecule has 0 fully saturated rings. The lowest BCUT2D eigenvalue weighted by molar-refractivity contribution is 1.61. The molecule has 0 unspecified atom stereocenters. The van der Waals surface area contributed by atoms with Crippen LogP contribution in [0.4, 0.5) is 0 Å². The second-order valence-corrected chi connectivity index (χ2v) is 5.90. The van der Waals surface area contributed by atoms with Gasteiger partial charge in [-0.05, 0) is 65.4 Å². The third-order valence-corrected chi connectivity index (χ3v) is 3.76. The van der Waals surface area contributed by atoms with E-state index >= 15 is 0 Å². The first-order chi connectivity index (χ1) is 7.24. The molecular formula is C13H11IS. The van der Waals surface area contributed by atoms with Gasteiger partial charge in [-0.3, -0.25) is 0 Å². The van der Waals surface area contributed by atoms with Gasteiger partial charge in [-0.15, -0.1) is 11.3 Å². The first-order valence-corrected chi connectivity index (χ1v) is 6.64. The molecule has 0 aliphatic rings. The molecule has 0 saturated heterocycles. The van der Waals surface area contributed by atoms with Gasteiger partial charge >= 0.3 is 0 Å². The molecule has 76 valence electrons. The van der Waals surface area contributed by atoms with Crippen LogP contribution in [-0.4, -0.2) is 0 Å². The van der Waals surface area contributed by atoms with Crippen molar-refractivity contribution in [2.75, 3.05) is 0 Å². The molecule has 0 aliphatic carbocycles. The van der Waals surface area contributed by atoms with Crippen molar-refractivity contribution >= 4 is 46.1 Å². The lowest BCUT2D eigenvalue weighted by Crippen LogP contribution is -1.72. The Hall–Kier alpha value is -0.610. The Morgan fingerprint density at radius 2 is 1.73 bits per heavy atom. The van der Waals surface area contributed by atoms with Gasteiger partial charge in [0, 0.05) is 13.3 Å². The van der Waals surface area contributed by atoms with E-state index in [9.17, 15) is 0 Å². The third kappa shape index (κ3) is 3.18. The molecule has 0 atom stereocenters. The minimum atomic E-state index is 1.25. The van der Waals surface area contributed by atoms with Gasteiger partial charge < -0.3 is 0 Å². The molecule has 15 heavy (non-hydrogen) atoms. The van der Waals surface area contributed by atoms with Crippen LogP contribution in [0.5, 0.6) is 0 Å². The number of halogens is 1. The summed E-state index contributed by atoms with van der Waals surface area (Å²) in [6, 6.07) is 12.8. The van der Waals surface area contributed by atoms with Crippen molar-refractivity contribution in [3.8, 4) is 0 Å². The quantitative estimate of drug-likeness (QED) is 0.693. The van der Waals surface area contributed by atoms with Gasteiger partial charge in [0.25, 0.3) is 0 Å². The monoisotopic (exact) mass is 326 g/mol. The van der Waals surface area contributed by atoms with Crippen molar-refractivity contribution in [1.82, 2.24) is 0 Å². The van der Waals surface area contributed by atoms with E-state index in [1.54, 1.807) is 0 Å². The van der Waals surface area contributed by atoms with E-state index in [-0.39, 0.29) is 0 Å². The lowest BCUT2D eigenvalue weighted by atomic mass is 10.2. The summed E-state index contributed by atoms with van der Waals surface area (Å²) < 4.78 is 1.27. The zero-order valence-corrected chi connectivity index (χ0v) is 11.4. The standard InChI is InChI=1S/C13H11IS/c1-10-2-8-13(15-10)9-5-11-3-6-12(14)7-4-11/h2-9H,1H3/b9-5+. The minimum absolute atomic E-state index is 1.25. The van der Waals surface area contributed by atoms with Crippen molar-refractivity contribution in [1.29, 1.82) is 0 Å². The predicted molar refractivity (Wildman–Crippen MR) is 77.1 cm³/mol. The molecule has 1 aromatic carbocycles. The van der Waals surface area contributed by atoms with Crippen molar-refractivity contribution in [3.63, 3.8) is 0 Å². The minimum Gasteiger partial charge on any atom is -0.141 e. The molecule has 0 amide bonds. The van der Waals surface area contributed by atoms with Crippen LogP contribution in [0.2, 0.25) is 0 Å². The first kappa shape index (κ1) is 10.9. The Morgan fingerprint density at radius 1 is 1.00 bits per heavy atom. The molecule has 2 heteroatoms. The summed E-state index contributed by atoms with van der Waals surface area (Å²) in [7, 11) is 0. The van der Waals surface area contributed by atoms with E-state index in [0.717, 1.165) is 0 Å². The molecule has 0 aliphatic heterocycles. The summed E-state index contributed by atoms with van der Waals surface area (Å²) in [6.07, 6.45) is 4.32. The molecule has 1 heterocycles. The number of thiophene rings is 1. The van der Waals surface area contributed by atoms with E-state index in [1.165, 1.54) is 18.9 Å². The molecule has 0 N–H and O–H groups in total. The Morgan fingerprint density at radius 3 is 2.33 bits per heavy atom. The molecule has 2 rings (SSSR count). The molecular weight excluding hydrogens is 315 g/mol. The van der Waals surface area contributed by atoms with Gasteiger partial charge in [0.15, 0.2) is 0 Å². The maximum absolute atomic E-state index is 2.32. The van der Waals surface area contributed by atoms with Crippen molar-refractivity contribution in [2.45, 2.75) is 6.92 Å². The summed E-state index contributed by atoms with van der Waals surface area (Å²) >= 11 is 4.14. The van der Waals surface area contributed by atoms with Crippen LogP contribution in [0.1, 0.15) is 15.3 Å². The summed E-state index contributed by atoms with van der Waals surface area (Å²) in [5.41, 5.74) is 1.25. The average Bonchev–Trinajstić information content (AvgIpc) is 2.64. The van der Waals surface area contributed by atoms with Crippen LogP contribution in [0.25, 0.3) is 12.2 Å². The first-order valence-electron chi connectivity index (χ1n) is 4.74. The molecule has 0 saturated carbocycles. The third-order valence-electron chi connectivity index (χ3n) is 2.07. The fraction of sp³-hybridized carbons (Fsp3) is 0.0769. The molecule has 0 nitrogen and oxygen atoms in total. The second-order valence-electron chi connectivity index (χ2n) is 3.33. The summed E-state index contributed by atoms with van der Waals surface area (Å²) in [5.74, 6) is 0. The van der Waals surface area contributed by atoms with Gasteiger partial charge in [0.05, 0.1) is 0 Å². The van der Waals surface area contributed by atoms with Crippen molar-refractivity contribution < 1.29 is 0 Å². The van der Waals surface area contributed by atoms with Crippen molar-refractivity contribution in [3.05, 3.63) is 55.3 Å². The van der Waals surface area contributed by atoms with E-state index in [0.29, 0.717) is 0 Å². The largest absolute Gasteiger partial charge is 0.141 e. The van der Waals surface area contributed by atoms with Crippen LogP contribution < -0.4 is 0 Å². The fourth-order valence-corrected chi connectivity index (χ4v) is 2.43. The Kier molecular flexibility index (Phi) is 3.59. The Balaban J connectivity index is 2.14. The number of rotatable bonds is 2. The number of benzene rings is 1. The fourth-order valence-electron chi connectivity index (χ4n) is 1.30. The normalized spacial score (nSPS) is 11.1. The van der Waals surface area contributed by atoms with Gasteiger partial charge in [0.1, 0.15) is 0 Å². The summed E-state index contributed by atoms with van der Waals surface area (Å²) in [6.45, 7) is 2.13. The highest BCUT2D eigenvalue weighted by Crippen LogP contribution is 2.18. The molecule has 0 radical (unpaired) electrons. The molecule has 2 aromatic rings. The highest BCUT2D eigenvalue weighted by molar-refractivity contribution is 14.1. The van der Waals surface area contributed by atoms with Gasteiger partial charge in [-0.1, -0.05) is 18.2 Å². The number of aryl methyl sites for hydroxylation is 1. The van der Waals surface area contributed by atoms with Crippen LogP contribution in [0, 0.1) is 10.5 Å². The smallest absolute Gasteiger partial charge is 0.0273 e. The average molecular weight is 326 g/mol. The zero-order valence-electron chi connectivity index (χ0n) is 8.41. The summed E-state index contributed by atoms with van der Waals surface area (Å²) in [4.78, 5) is 2.67. The topological polar surface area (TPSA) is 0 Å². The highest BCUT2D eigenvalue weighted by atomic mass is 127. The summed E-state index contributed by atoms with van der Waals surface area (Å²) in [5, 5.41) is 0. The SMILES string of the molecule is Cc1ccc(/C=C/c2ccc(I)cc2)s1. The van der Waals surface area contributed by atoms with E-state index in [1.807, 2.05) is 11.3 Å². The van der Waals surface area contributed by atoms with E-state index < -0.39 is 0 Å². The van der Waals surface area contributed by atoms with Crippen LogP contribution in [0.3, 0.4) is 0 Å². The predicted octanol–water partition coefficient (Wildman–Crippen LogP) is 4.83. The van der Waals surface area contributed by atoms with Gasteiger partial charge in [0.2, 0.25) is 0 Å². The Bertz CT molecular complexity index is 466. The molecule has 0 spiro atoms. The van der Waals surface area contributed by atoms with Gasteiger partial charge in [-0.2, -0.15) is 0 Å². The second kappa shape index (κ2) is 4.94.